The third kappa shape index (κ3) is 4.15. The van der Waals surface area contributed by atoms with E-state index in [-0.39, 0.29) is 11.2 Å². The van der Waals surface area contributed by atoms with Gasteiger partial charge >= 0.3 is 5.97 Å². The smallest absolute Gasteiger partial charge is 0.315 e. The molecular formula is C21H26O4S. The van der Waals surface area contributed by atoms with Gasteiger partial charge in [-0.15, -0.1) is 11.8 Å². The zero-order valence-electron chi connectivity index (χ0n) is 16.0. The Bertz CT molecular complexity index is 813. The van der Waals surface area contributed by atoms with Crippen LogP contribution in [0.15, 0.2) is 36.4 Å². The second-order valence-corrected chi connectivity index (χ2v) is 7.33. The lowest BCUT2D eigenvalue weighted by Gasteiger charge is -2.23. The fraction of sp³-hybridized carbons (Fsp3) is 0.381. The minimum atomic E-state index is -0.235. The van der Waals surface area contributed by atoms with E-state index in [2.05, 4.69) is 6.58 Å². The van der Waals surface area contributed by atoms with Gasteiger partial charge < -0.3 is 14.2 Å². The number of benzene rings is 2. The Hall–Kier alpha value is -2.14. The standard InChI is InChI=1S/C21H26O4S/c1-13(2)18(26-12-19(22)23-4)11-17-14(3)20(24-5)15-9-7-8-10-16(15)21(17)25-6/h7-10,18H,1,11-12H2,2-6H3. The molecule has 0 bridgehead atoms. The van der Waals surface area contributed by atoms with Gasteiger partial charge in [-0.25, -0.2) is 0 Å². The molecule has 0 aliphatic carbocycles. The van der Waals surface area contributed by atoms with E-state index in [1.54, 1.807) is 14.2 Å². The van der Waals surface area contributed by atoms with Crippen molar-refractivity contribution >= 4 is 28.5 Å². The number of esters is 1. The number of carbonyl (C=O) groups is 1. The van der Waals surface area contributed by atoms with Crippen LogP contribution < -0.4 is 9.47 Å². The average Bonchev–Trinajstić information content (AvgIpc) is 2.64. The number of methoxy groups -OCH3 is 3. The monoisotopic (exact) mass is 374 g/mol. The first-order valence-corrected chi connectivity index (χ1v) is 9.45. The van der Waals surface area contributed by atoms with Crippen LogP contribution in [0.4, 0.5) is 0 Å². The molecule has 0 saturated carbocycles. The molecule has 140 valence electrons. The van der Waals surface area contributed by atoms with Crippen molar-refractivity contribution in [2.75, 3.05) is 27.1 Å². The maximum Gasteiger partial charge on any atom is 0.315 e. The molecule has 0 radical (unpaired) electrons. The number of carbonyl (C=O) groups excluding carboxylic acids is 1. The van der Waals surface area contributed by atoms with E-state index in [1.807, 2.05) is 38.1 Å². The molecule has 0 N–H and O–H groups in total. The molecule has 26 heavy (non-hydrogen) atoms. The molecule has 2 aromatic rings. The third-order valence-corrected chi connectivity index (χ3v) is 5.83. The zero-order valence-corrected chi connectivity index (χ0v) is 16.9. The predicted molar refractivity (Wildman–Crippen MR) is 109 cm³/mol. The van der Waals surface area contributed by atoms with Crippen LogP contribution in [0, 0.1) is 6.92 Å². The number of hydrogen-bond donors (Lipinski definition) is 0. The lowest BCUT2D eigenvalue weighted by Crippen LogP contribution is -2.15. The molecule has 1 atom stereocenters. The van der Waals surface area contributed by atoms with Crippen LogP contribution in [0.3, 0.4) is 0 Å². The van der Waals surface area contributed by atoms with Crippen LogP contribution in [0.5, 0.6) is 11.5 Å². The Morgan fingerprint density at radius 1 is 1.12 bits per heavy atom. The van der Waals surface area contributed by atoms with Gasteiger partial charge in [-0.3, -0.25) is 4.79 Å². The van der Waals surface area contributed by atoms with Crippen molar-refractivity contribution in [2.45, 2.75) is 25.5 Å². The van der Waals surface area contributed by atoms with Crippen molar-refractivity contribution in [3.63, 3.8) is 0 Å². The quantitative estimate of drug-likeness (QED) is 0.501. The molecule has 2 rings (SSSR count). The Labute approximate surface area is 159 Å². The van der Waals surface area contributed by atoms with Gasteiger partial charge in [0, 0.05) is 21.6 Å². The summed E-state index contributed by atoms with van der Waals surface area (Å²) < 4.78 is 16.2. The van der Waals surface area contributed by atoms with E-state index >= 15 is 0 Å². The van der Waals surface area contributed by atoms with Gasteiger partial charge in [0.05, 0.1) is 27.1 Å². The van der Waals surface area contributed by atoms with Crippen LogP contribution >= 0.6 is 11.8 Å². The Balaban J connectivity index is 2.51. The SMILES string of the molecule is C=C(C)C(Cc1c(C)c(OC)c2ccccc2c1OC)SCC(=O)OC. The Morgan fingerprint density at radius 2 is 1.69 bits per heavy atom. The molecule has 1 unspecified atom stereocenters. The van der Waals surface area contributed by atoms with Crippen LogP contribution in [0.25, 0.3) is 10.8 Å². The molecule has 0 spiro atoms. The first-order valence-electron chi connectivity index (χ1n) is 8.40. The fourth-order valence-electron chi connectivity index (χ4n) is 3.08. The summed E-state index contributed by atoms with van der Waals surface area (Å²) in [6.45, 7) is 8.13. The number of thioether (sulfide) groups is 1. The summed E-state index contributed by atoms with van der Waals surface area (Å²) in [6.07, 6.45) is 0.702. The minimum absolute atomic E-state index is 0.0765. The van der Waals surface area contributed by atoms with Crippen LogP contribution in [-0.4, -0.2) is 38.3 Å². The lowest BCUT2D eigenvalue weighted by molar-refractivity contribution is -0.137. The van der Waals surface area contributed by atoms with Gasteiger partial charge in [0.1, 0.15) is 11.5 Å². The molecular weight excluding hydrogens is 348 g/mol. The van der Waals surface area contributed by atoms with Gasteiger partial charge in [0.15, 0.2) is 0 Å². The van der Waals surface area contributed by atoms with Crippen molar-refractivity contribution < 1.29 is 19.0 Å². The second kappa shape index (κ2) is 8.99. The van der Waals surface area contributed by atoms with Gasteiger partial charge in [0.2, 0.25) is 0 Å². The highest BCUT2D eigenvalue weighted by molar-refractivity contribution is 8.00. The summed E-state index contributed by atoms with van der Waals surface area (Å²) in [5.74, 6) is 1.76. The number of ether oxygens (including phenoxy) is 3. The zero-order chi connectivity index (χ0) is 19.3. The molecule has 0 saturated heterocycles. The summed E-state index contributed by atoms with van der Waals surface area (Å²) in [5, 5.41) is 2.13. The summed E-state index contributed by atoms with van der Waals surface area (Å²) >= 11 is 1.53. The van der Waals surface area contributed by atoms with Crippen molar-refractivity contribution in [3.05, 3.63) is 47.5 Å². The molecule has 5 heteroatoms. The summed E-state index contributed by atoms with van der Waals surface area (Å²) in [7, 11) is 4.78. The Kier molecular flexibility index (Phi) is 6.98. The molecule has 0 heterocycles. The topological polar surface area (TPSA) is 44.8 Å². The van der Waals surface area contributed by atoms with Crippen molar-refractivity contribution in [1.82, 2.24) is 0 Å². The largest absolute Gasteiger partial charge is 0.496 e. The van der Waals surface area contributed by atoms with Crippen LogP contribution in [0.2, 0.25) is 0 Å². The molecule has 0 aliphatic heterocycles. The molecule has 0 aromatic heterocycles. The summed E-state index contributed by atoms with van der Waals surface area (Å²) in [5.41, 5.74) is 3.13. The summed E-state index contributed by atoms with van der Waals surface area (Å²) in [6, 6.07) is 8.06. The first-order chi connectivity index (χ1) is 12.4. The van der Waals surface area contributed by atoms with Crippen LogP contribution in [-0.2, 0) is 16.0 Å². The van der Waals surface area contributed by atoms with Gasteiger partial charge in [-0.2, -0.15) is 0 Å². The van der Waals surface area contributed by atoms with E-state index in [0.717, 1.165) is 39.0 Å². The maximum absolute atomic E-state index is 11.5. The van der Waals surface area contributed by atoms with Crippen molar-refractivity contribution in [2.24, 2.45) is 0 Å². The lowest BCUT2D eigenvalue weighted by atomic mass is 9.94. The Morgan fingerprint density at radius 3 is 2.19 bits per heavy atom. The van der Waals surface area contributed by atoms with Gasteiger partial charge in [0.25, 0.3) is 0 Å². The molecule has 4 nitrogen and oxygen atoms in total. The maximum atomic E-state index is 11.5. The highest BCUT2D eigenvalue weighted by Gasteiger charge is 2.22. The van der Waals surface area contributed by atoms with E-state index < -0.39 is 0 Å². The molecule has 2 aromatic carbocycles. The molecule has 0 amide bonds. The number of fused-ring (bicyclic) bond motifs is 1. The van der Waals surface area contributed by atoms with Gasteiger partial charge in [-0.05, 0) is 25.8 Å². The average molecular weight is 375 g/mol. The van der Waals surface area contributed by atoms with Crippen molar-refractivity contribution in [1.29, 1.82) is 0 Å². The van der Waals surface area contributed by atoms with E-state index in [9.17, 15) is 4.79 Å². The molecule has 0 aliphatic rings. The minimum Gasteiger partial charge on any atom is -0.496 e. The first kappa shape index (κ1) is 20.2. The third-order valence-electron chi connectivity index (χ3n) is 4.46. The van der Waals surface area contributed by atoms with E-state index in [1.165, 1.54) is 18.9 Å². The number of hydrogen-bond acceptors (Lipinski definition) is 5. The van der Waals surface area contributed by atoms with E-state index in [0.29, 0.717) is 12.2 Å². The summed E-state index contributed by atoms with van der Waals surface area (Å²) in [4.78, 5) is 11.5. The highest BCUT2D eigenvalue weighted by Crippen LogP contribution is 2.42. The second-order valence-electron chi connectivity index (χ2n) is 6.14. The highest BCUT2D eigenvalue weighted by atomic mass is 32.2. The normalized spacial score (nSPS) is 11.9. The van der Waals surface area contributed by atoms with Gasteiger partial charge in [-0.1, -0.05) is 36.4 Å². The van der Waals surface area contributed by atoms with Crippen molar-refractivity contribution in [3.8, 4) is 11.5 Å². The van der Waals surface area contributed by atoms with Crippen LogP contribution in [0.1, 0.15) is 18.1 Å². The van der Waals surface area contributed by atoms with E-state index in [4.69, 9.17) is 14.2 Å². The molecule has 0 fully saturated rings. The predicted octanol–water partition coefficient (Wildman–Crippen LogP) is 4.56. The fourth-order valence-corrected chi connectivity index (χ4v) is 4.11. The number of rotatable bonds is 8.